The lowest BCUT2D eigenvalue weighted by atomic mass is 10.3. The number of benzene rings is 1. The molecule has 0 radical (unpaired) electrons. The van der Waals surface area contributed by atoms with Gasteiger partial charge in [0.05, 0.1) is 6.61 Å². The normalized spacial score (nSPS) is 10.5. The van der Waals surface area contributed by atoms with E-state index in [1.807, 2.05) is 12.3 Å². The molecule has 1 aromatic carbocycles. The van der Waals surface area contributed by atoms with Crippen molar-refractivity contribution < 1.29 is 9.13 Å². The molecule has 0 saturated heterocycles. The minimum atomic E-state index is -0.272. The quantitative estimate of drug-likeness (QED) is 0.609. The summed E-state index contributed by atoms with van der Waals surface area (Å²) >= 11 is 3.29. The van der Waals surface area contributed by atoms with Gasteiger partial charge in [-0.05, 0) is 19.1 Å². The molecule has 0 spiro atoms. The van der Waals surface area contributed by atoms with Crippen molar-refractivity contribution in [2.24, 2.45) is 0 Å². The summed E-state index contributed by atoms with van der Waals surface area (Å²) in [6.07, 6.45) is 0. The molecule has 17 heavy (non-hydrogen) atoms. The van der Waals surface area contributed by atoms with Crippen LogP contribution in [0.2, 0.25) is 0 Å². The van der Waals surface area contributed by atoms with E-state index in [1.165, 1.54) is 12.1 Å². The minimum absolute atomic E-state index is 0.272. The van der Waals surface area contributed by atoms with Gasteiger partial charge in [-0.2, -0.15) is 0 Å². The Hall–Kier alpha value is -1.07. The zero-order chi connectivity index (χ0) is 12.1. The van der Waals surface area contributed by atoms with Gasteiger partial charge in [-0.25, -0.2) is 9.37 Å². The maximum atomic E-state index is 12.9. The molecule has 0 aliphatic carbocycles. The van der Waals surface area contributed by atoms with E-state index >= 15 is 0 Å². The molecule has 5 heteroatoms. The molecule has 1 heterocycles. The fourth-order valence-corrected chi connectivity index (χ4v) is 2.98. The van der Waals surface area contributed by atoms with Crippen LogP contribution in [-0.4, -0.2) is 17.3 Å². The maximum absolute atomic E-state index is 12.9. The number of rotatable bonds is 5. The highest BCUT2D eigenvalue weighted by Gasteiger charge is 2.00. The summed E-state index contributed by atoms with van der Waals surface area (Å²) in [5.41, 5.74) is 1.04. The van der Waals surface area contributed by atoms with Crippen molar-refractivity contribution in [1.82, 2.24) is 4.98 Å². The molecule has 0 fully saturated rings. The summed E-state index contributed by atoms with van der Waals surface area (Å²) in [4.78, 5) is 4.34. The first-order valence-electron chi connectivity index (χ1n) is 5.17. The molecule has 2 nitrogen and oxygen atoms in total. The van der Waals surface area contributed by atoms with Crippen LogP contribution in [0.25, 0.3) is 0 Å². The van der Waals surface area contributed by atoms with Crippen molar-refractivity contribution in [3.05, 3.63) is 41.2 Å². The Bertz CT molecular complexity index is 487. The van der Waals surface area contributed by atoms with Crippen LogP contribution in [-0.2, 0) is 0 Å². The first-order valence-corrected chi connectivity index (χ1v) is 7.04. The third-order valence-corrected chi connectivity index (χ3v) is 4.07. The van der Waals surface area contributed by atoms with E-state index in [-0.39, 0.29) is 5.82 Å². The van der Waals surface area contributed by atoms with Crippen LogP contribution in [0.5, 0.6) is 5.75 Å². The number of nitrogens with zero attached hydrogens (tertiary/aromatic N) is 1. The molecule has 0 unspecified atom stereocenters. The van der Waals surface area contributed by atoms with Crippen LogP contribution < -0.4 is 4.74 Å². The van der Waals surface area contributed by atoms with Gasteiger partial charge < -0.3 is 4.74 Å². The predicted octanol–water partition coefficient (Wildman–Crippen LogP) is 3.76. The Morgan fingerprint density at radius 1 is 1.47 bits per heavy atom. The fraction of sp³-hybridized carbons (Fsp3) is 0.250. The second-order valence-corrected chi connectivity index (χ2v) is 5.61. The first kappa shape index (κ1) is 12.4. The van der Waals surface area contributed by atoms with Gasteiger partial charge in [0, 0.05) is 22.9 Å². The molecular weight excluding hydrogens is 257 g/mol. The van der Waals surface area contributed by atoms with Gasteiger partial charge in [-0.1, -0.05) is 17.8 Å². The van der Waals surface area contributed by atoms with Crippen LogP contribution in [0.4, 0.5) is 4.39 Å². The smallest absolute Gasteiger partial charge is 0.150 e. The van der Waals surface area contributed by atoms with E-state index in [4.69, 9.17) is 4.74 Å². The van der Waals surface area contributed by atoms with Crippen LogP contribution in [0, 0.1) is 12.7 Å². The van der Waals surface area contributed by atoms with E-state index in [0.717, 1.165) is 15.8 Å². The SMILES string of the molecule is Cc1csc(SCCOc2cccc(F)c2)n1. The molecule has 0 aliphatic heterocycles. The number of aryl methyl sites for hydroxylation is 1. The second kappa shape index (κ2) is 6.02. The van der Waals surface area contributed by atoms with Gasteiger partial charge in [0.25, 0.3) is 0 Å². The van der Waals surface area contributed by atoms with Gasteiger partial charge in [-0.15, -0.1) is 11.3 Å². The number of thioether (sulfide) groups is 1. The topological polar surface area (TPSA) is 22.1 Å². The van der Waals surface area contributed by atoms with Crippen molar-refractivity contribution in [1.29, 1.82) is 0 Å². The van der Waals surface area contributed by atoms with Crippen LogP contribution in [0.1, 0.15) is 5.69 Å². The van der Waals surface area contributed by atoms with Crippen LogP contribution in [0.15, 0.2) is 34.0 Å². The standard InChI is InChI=1S/C12H12FNOS2/c1-9-8-17-12(14-9)16-6-5-15-11-4-2-3-10(13)7-11/h2-4,7-8H,5-6H2,1H3. The zero-order valence-electron chi connectivity index (χ0n) is 9.35. The van der Waals surface area contributed by atoms with E-state index < -0.39 is 0 Å². The Labute approximate surface area is 108 Å². The van der Waals surface area contributed by atoms with E-state index in [2.05, 4.69) is 4.98 Å². The summed E-state index contributed by atoms with van der Waals surface area (Å²) in [7, 11) is 0. The summed E-state index contributed by atoms with van der Waals surface area (Å²) in [6, 6.07) is 6.18. The van der Waals surface area contributed by atoms with Crippen molar-refractivity contribution in [2.75, 3.05) is 12.4 Å². The molecule has 0 bridgehead atoms. The first-order chi connectivity index (χ1) is 8.24. The predicted molar refractivity (Wildman–Crippen MR) is 69.5 cm³/mol. The molecule has 0 saturated carbocycles. The lowest BCUT2D eigenvalue weighted by Gasteiger charge is -2.04. The van der Waals surface area contributed by atoms with E-state index in [1.54, 1.807) is 35.2 Å². The summed E-state index contributed by atoms with van der Waals surface area (Å²) in [6.45, 7) is 2.52. The van der Waals surface area contributed by atoms with E-state index in [0.29, 0.717) is 12.4 Å². The largest absolute Gasteiger partial charge is 0.493 e. The zero-order valence-corrected chi connectivity index (χ0v) is 11.0. The maximum Gasteiger partial charge on any atom is 0.150 e. The van der Waals surface area contributed by atoms with Crippen molar-refractivity contribution in [3.63, 3.8) is 0 Å². The number of hydrogen-bond acceptors (Lipinski definition) is 4. The molecule has 0 amide bonds. The molecule has 2 rings (SSSR count). The average molecular weight is 269 g/mol. The fourth-order valence-electron chi connectivity index (χ4n) is 1.24. The van der Waals surface area contributed by atoms with Gasteiger partial charge in [-0.3, -0.25) is 0 Å². The van der Waals surface area contributed by atoms with Crippen LogP contribution >= 0.6 is 23.1 Å². The summed E-state index contributed by atoms with van der Waals surface area (Å²) in [5.74, 6) is 1.11. The summed E-state index contributed by atoms with van der Waals surface area (Å²) in [5, 5.41) is 2.02. The Balaban J connectivity index is 1.73. The average Bonchev–Trinajstić information content (AvgIpc) is 2.71. The lowest BCUT2D eigenvalue weighted by molar-refractivity contribution is 0.342. The number of thiazole rings is 1. The number of halogens is 1. The van der Waals surface area contributed by atoms with Gasteiger partial charge in [0.1, 0.15) is 15.9 Å². The van der Waals surface area contributed by atoms with Crippen molar-refractivity contribution in [3.8, 4) is 5.75 Å². The Morgan fingerprint density at radius 3 is 3.06 bits per heavy atom. The summed E-state index contributed by atoms with van der Waals surface area (Å²) < 4.78 is 19.3. The minimum Gasteiger partial charge on any atom is -0.493 e. The number of hydrogen-bond donors (Lipinski definition) is 0. The Kier molecular flexibility index (Phi) is 4.39. The third-order valence-electron chi connectivity index (χ3n) is 1.97. The van der Waals surface area contributed by atoms with Crippen LogP contribution in [0.3, 0.4) is 0 Å². The molecule has 0 atom stereocenters. The van der Waals surface area contributed by atoms with Gasteiger partial charge >= 0.3 is 0 Å². The molecule has 0 aliphatic rings. The lowest BCUT2D eigenvalue weighted by Crippen LogP contribution is -2.00. The monoisotopic (exact) mass is 269 g/mol. The highest BCUT2D eigenvalue weighted by molar-refractivity contribution is 8.01. The second-order valence-electron chi connectivity index (χ2n) is 3.41. The molecule has 0 N–H and O–H groups in total. The number of aromatic nitrogens is 1. The third kappa shape index (κ3) is 4.02. The van der Waals surface area contributed by atoms with E-state index in [9.17, 15) is 4.39 Å². The molecular formula is C12H12FNOS2. The van der Waals surface area contributed by atoms with Gasteiger partial charge in [0.15, 0.2) is 0 Å². The number of ether oxygens (including phenoxy) is 1. The highest BCUT2D eigenvalue weighted by atomic mass is 32.2. The molecule has 1 aromatic heterocycles. The van der Waals surface area contributed by atoms with Crippen molar-refractivity contribution >= 4 is 23.1 Å². The van der Waals surface area contributed by atoms with Crippen molar-refractivity contribution in [2.45, 2.75) is 11.3 Å². The molecule has 2 aromatic rings. The molecule has 90 valence electrons. The van der Waals surface area contributed by atoms with Gasteiger partial charge in [0.2, 0.25) is 0 Å². The Morgan fingerprint density at radius 2 is 2.35 bits per heavy atom. The highest BCUT2D eigenvalue weighted by Crippen LogP contribution is 2.22.